The first-order chi connectivity index (χ1) is 19.2. The van der Waals surface area contributed by atoms with E-state index in [9.17, 15) is 0 Å². The van der Waals surface area contributed by atoms with Crippen LogP contribution in [-0.4, -0.2) is 92.7 Å². The van der Waals surface area contributed by atoms with Crippen LogP contribution >= 0.6 is 0 Å². The van der Waals surface area contributed by atoms with Crippen molar-refractivity contribution in [2.24, 2.45) is 5.92 Å². The molecule has 0 spiro atoms. The summed E-state index contributed by atoms with van der Waals surface area (Å²) in [5.74, 6) is -7.34. The number of nitrogens with one attached hydrogen (secondary N) is 1. The maximum Gasteiger partial charge on any atom is 0.351 e. The van der Waals surface area contributed by atoms with Gasteiger partial charge < -0.3 is 49.7 Å². The Morgan fingerprint density at radius 3 is 2.17 bits per heavy atom. The van der Waals surface area contributed by atoms with Gasteiger partial charge in [0.25, 0.3) is 0 Å². The van der Waals surface area contributed by atoms with E-state index >= 15 is 0 Å². The van der Waals surface area contributed by atoms with Crippen molar-refractivity contribution in [3.05, 3.63) is 48.0 Å². The Kier molecular flexibility index (Phi) is 14.6. The predicted octanol–water partition coefficient (Wildman–Crippen LogP) is -3.31. The Labute approximate surface area is 232 Å². The third kappa shape index (κ3) is 12.5. The van der Waals surface area contributed by atoms with Gasteiger partial charge in [-0.25, -0.2) is 9.59 Å². The Bertz CT molecular complexity index is 1040. The average Bonchev–Trinajstić information content (AvgIpc) is 3.45. The standard InChI is InChI=1S/C24H34N2O2.2C2H2O4/c1-2-9-24-21(5-1)6-3-7-22(24)17-20(18-23-8-4-14-28-23)19-25-10-11-26-12-15-27-16-13-26;2*3-1(4)2(5)6/h1-3,5-7,9,20,23,25H,4,8,10-19H2;2*(H,3,4)(H,5,6). The number of fused-ring (bicyclic) bond motifs is 1. The summed E-state index contributed by atoms with van der Waals surface area (Å²) in [6.45, 7) is 8.82. The van der Waals surface area contributed by atoms with Crippen LogP contribution in [0.25, 0.3) is 10.8 Å². The number of rotatable bonds is 9. The van der Waals surface area contributed by atoms with Crippen molar-refractivity contribution in [1.29, 1.82) is 0 Å². The molecule has 0 aromatic heterocycles. The summed E-state index contributed by atoms with van der Waals surface area (Å²) in [6.07, 6.45) is 5.30. The molecule has 2 fully saturated rings. The highest BCUT2D eigenvalue weighted by molar-refractivity contribution is 6.26. The van der Waals surface area contributed by atoms with Crippen LogP contribution in [0.1, 0.15) is 24.8 Å². The topological polar surface area (TPSA) is 194 Å². The largest absolute Gasteiger partial charge is 0.539 e. The molecule has 2 aliphatic rings. The minimum atomic E-state index is -2.07. The lowest BCUT2D eigenvalue weighted by Gasteiger charge is -2.24. The molecule has 2 atom stereocenters. The molecule has 2 heterocycles. The SMILES string of the molecule is O=C([O-])C(=O)O.O=C([O-])C(=O)O.c1ccc2c(CC(C[NH2+]CC[NH+]3CCOCC3)CC3CCCO3)cccc2c1. The normalized spacial score (nSPS) is 17.6. The highest BCUT2D eigenvalue weighted by Gasteiger charge is 2.23. The number of benzene rings is 2. The molecule has 40 heavy (non-hydrogen) atoms. The molecule has 2 aromatic rings. The molecule has 2 aromatic carbocycles. The van der Waals surface area contributed by atoms with Crippen molar-refractivity contribution in [2.75, 3.05) is 52.5 Å². The van der Waals surface area contributed by atoms with Gasteiger partial charge in [0.15, 0.2) is 11.9 Å². The molecule has 2 aliphatic heterocycles. The molecule has 2 unspecified atom stereocenters. The van der Waals surface area contributed by atoms with E-state index in [2.05, 4.69) is 47.8 Å². The van der Waals surface area contributed by atoms with E-state index < -0.39 is 23.9 Å². The lowest BCUT2D eigenvalue weighted by molar-refractivity contribution is -0.919. The first-order valence-corrected chi connectivity index (χ1v) is 13.4. The highest BCUT2D eigenvalue weighted by atomic mass is 16.5. The predicted molar refractivity (Wildman–Crippen MR) is 138 cm³/mol. The summed E-state index contributed by atoms with van der Waals surface area (Å²) in [7, 11) is 0. The number of carboxylic acids is 4. The molecule has 2 saturated heterocycles. The Morgan fingerprint density at radius 2 is 1.57 bits per heavy atom. The van der Waals surface area contributed by atoms with Gasteiger partial charge in [0, 0.05) is 12.5 Å². The van der Waals surface area contributed by atoms with Crippen molar-refractivity contribution in [1.82, 2.24) is 0 Å². The van der Waals surface area contributed by atoms with Crippen LogP contribution in [-0.2, 0) is 35.1 Å². The van der Waals surface area contributed by atoms with E-state index in [4.69, 9.17) is 49.1 Å². The van der Waals surface area contributed by atoms with Crippen molar-refractivity contribution in [3.8, 4) is 0 Å². The van der Waals surface area contributed by atoms with Crippen molar-refractivity contribution >= 4 is 34.6 Å². The van der Waals surface area contributed by atoms with Crippen LogP contribution in [0.4, 0.5) is 0 Å². The summed E-state index contributed by atoms with van der Waals surface area (Å²) in [6, 6.07) is 15.6. The van der Waals surface area contributed by atoms with E-state index in [1.807, 2.05) is 0 Å². The van der Waals surface area contributed by atoms with Crippen LogP contribution in [0.2, 0.25) is 0 Å². The highest BCUT2D eigenvalue weighted by Crippen LogP contribution is 2.25. The molecule has 0 bridgehead atoms. The van der Waals surface area contributed by atoms with Crippen molar-refractivity contribution in [2.45, 2.75) is 31.8 Å². The fourth-order valence-corrected chi connectivity index (χ4v) is 4.82. The lowest BCUT2D eigenvalue weighted by atomic mass is 9.90. The number of hydrogen-bond acceptors (Lipinski definition) is 8. The third-order valence-corrected chi connectivity index (χ3v) is 6.76. The molecule has 0 radical (unpaired) electrons. The number of hydrogen-bond donors (Lipinski definition) is 4. The molecule has 12 heteroatoms. The van der Waals surface area contributed by atoms with E-state index in [1.165, 1.54) is 68.3 Å². The van der Waals surface area contributed by atoms with Gasteiger partial charge in [-0.15, -0.1) is 0 Å². The van der Waals surface area contributed by atoms with Gasteiger partial charge in [-0.05, 0) is 42.0 Å². The lowest BCUT2D eigenvalue weighted by Crippen LogP contribution is -3.16. The van der Waals surface area contributed by atoms with Gasteiger partial charge in [0.1, 0.15) is 26.2 Å². The van der Waals surface area contributed by atoms with Gasteiger partial charge in [-0.2, -0.15) is 0 Å². The zero-order valence-corrected chi connectivity index (χ0v) is 22.4. The van der Waals surface area contributed by atoms with E-state index in [-0.39, 0.29) is 0 Å². The van der Waals surface area contributed by atoms with Gasteiger partial charge >= 0.3 is 11.9 Å². The van der Waals surface area contributed by atoms with Crippen LogP contribution in [0, 0.1) is 5.92 Å². The Hall–Kier alpha value is -3.58. The number of quaternary nitrogens is 2. The maximum atomic E-state index is 9.04. The second kappa shape index (κ2) is 17.9. The third-order valence-electron chi connectivity index (χ3n) is 6.76. The summed E-state index contributed by atoms with van der Waals surface area (Å²) in [5, 5.41) is 38.0. The van der Waals surface area contributed by atoms with Crippen LogP contribution < -0.4 is 20.4 Å². The van der Waals surface area contributed by atoms with E-state index in [1.54, 1.807) is 4.90 Å². The van der Waals surface area contributed by atoms with Gasteiger partial charge in [-0.3, -0.25) is 0 Å². The van der Waals surface area contributed by atoms with Crippen molar-refractivity contribution in [3.63, 3.8) is 0 Å². The van der Waals surface area contributed by atoms with Crippen LogP contribution in [0.15, 0.2) is 42.5 Å². The monoisotopic (exact) mass is 562 g/mol. The summed E-state index contributed by atoms with van der Waals surface area (Å²) in [5.41, 5.74) is 1.49. The fraction of sp³-hybridized carbons (Fsp3) is 0.500. The fourth-order valence-electron chi connectivity index (χ4n) is 4.82. The Balaban J connectivity index is 0.000000393. The number of carbonyl (C=O) groups excluding carboxylic acids is 2. The van der Waals surface area contributed by atoms with E-state index in [0.29, 0.717) is 12.0 Å². The molecular formula is C28H38N2O10. The smallest absolute Gasteiger partial charge is 0.351 e. The molecule has 5 N–H and O–H groups in total. The van der Waals surface area contributed by atoms with Gasteiger partial charge in [0.2, 0.25) is 0 Å². The second-order valence-corrected chi connectivity index (χ2v) is 9.69. The van der Waals surface area contributed by atoms with Gasteiger partial charge in [0.05, 0.1) is 25.9 Å². The average molecular weight is 563 g/mol. The van der Waals surface area contributed by atoms with Crippen LogP contribution in [0.5, 0.6) is 0 Å². The first-order valence-electron chi connectivity index (χ1n) is 13.4. The number of aliphatic carboxylic acids is 4. The molecule has 220 valence electrons. The number of carboxylic acid groups (broad SMARTS) is 4. The zero-order chi connectivity index (χ0) is 29.3. The Morgan fingerprint density at radius 1 is 0.950 bits per heavy atom. The maximum absolute atomic E-state index is 9.04. The summed E-state index contributed by atoms with van der Waals surface area (Å²) < 4.78 is 11.5. The number of ether oxygens (including phenoxy) is 2. The second-order valence-electron chi connectivity index (χ2n) is 9.69. The molecule has 0 aliphatic carbocycles. The number of morpholine rings is 1. The molecule has 4 rings (SSSR count). The minimum absolute atomic E-state index is 0.471. The first kappa shape index (κ1) is 32.6. The summed E-state index contributed by atoms with van der Waals surface area (Å²) >= 11 is 0. The molecule has 0 saturated carbocycles. The number of nitrogens with two attached hydrogens (primary N) is 1. The summed E-state index contributed by atoms with van der Waals surface area (Å²) in [4.78, 5) is 37.8. The quantitative estimate of drug-likeness (QED) is 0.178. The minimum Gasteiger partial charge on any atom is -0.539 e. The molecule has 12 nitrogen and oxygen atoms in total. The molecule has 0 amide bonds. The zero-order valence-electron chi connectivity index (χ0n) is 22.4. The number of carbonyl (C=O) groups is 4. The molecular weight excluding hydrogens is 524 g/mol. The van der Waals surface area contributed by atoms with E-state index in [0.717, 1.165) is 26.2 Å². The van der Waals surface area contributed by atoms with Crippen LogP contribution in [0.3, 0.4) is 0 Å². The van der Waals surface area contributed by atoms with Gasteiger partial charge in [-0.1, -0.05) is 42.5 Å². The van der Waals surface area contributed by atoms with Crippen molar-refractivity contribution < 1.29 is 59.3 Å².